The van der Waals surface area contributed by atoms with Crippen LogP contribution in [0.4, 0.5) is 10.6 Å². The first-order valence-electron chi connectivity index (χ1n) is 11.2. The summed E-state index contributed by atoms with van der Waals surface area (Å²) in [5, 5.41) is 5.48. The zero-order valence-corrected chi connectivity index (χ0v) is 23.7. The highest BCUT2D eigenvalue weighted by Crippen LogP contribution is 2.23. The number of ether oxygens (including phenoxy) is 1. The second-order valence-corrected chi connectivity index (χ2v) is 8.80. The molecule has 1 atom stereocenters. The fraction of sp³-hybridized carbons (Fsp3) is 0.636. The van der Waals surface area contributed by atoms with Crippen LogP contribution in [0.25, 0.3) is 4.96 Å². The first-order chi connectivity index (χ1) is 15.8. The summed E-state index contributed by atoms with van der Waals surface area (Å²) in [7, 11) is 3.11. The van der Waals surface area contributed by atoms with Gasteiger partial charge in [0.15, 0.2) is 4.96 Å². The summed E-state index contributed by atoms with van der Waals surface area (Å²) < 4.78 is 7.58. The molecule has 0 radical (unpaired) electrons. The minimum atomic E-state index is -0.677. The molecule has 0 aliphatic carbocycles. The molecule has 0 aromatic carbocycles. The minimum Gasteiger partial charge on any atom is -0.453 e. The van der Waals surface area contributed by atoms with E-state index in [0.29, 0.717) is 12.8 Å². The van der Waals surface area contributed by atoms with Crippen molar-refractivity contribution >= 4 is 56.3 Å². The van der Waals surface area contributed by atoms with Crippen LogP contribution >= 0.6 is 27.3 Å². The number of amides is 2. The van der Waals surface area contributed by atoms with E-state index < -0.39 is 12.1 Å². The number of thiazole rings is 1. The van der Waals surface area contributed by atoms with Crippen molar-refractivity contribution in [3.05, 3.63) is 16.2 Å². The Balaban J connectivity index is 0. The highest BCUT2D eigenvalue weighted by molar-refractivity contribution is 9.11. The third-order valence-corrected chi connectivity index (χ3v) is 5.35. The van der Waals surface area contributed by atoms with Gasteiger partial charge in [0.1, 0.15) is 18.1 Å². The number of imidazole rings is 1. The van der Waals surface area contributed by atoms with Gasteiger partial charge in [0.2, 0.25) is 5.91 Å². The number of anilines is 1. The lowest BCUT2D eigenvalue weighted by molar-refractivity contribution is -0.136. The zero-order chi connectivity index (χ0) is 26.0. The first-order valence-corrected chi connectivity index (χ1v) is 12.8. The molecule has 2 aromatic rings. The van der Waals surface area contributed by atoms with Crippen LogP contribution in [-0.4, -0.2) is 65.9 Å². The van der Waals surface area contributed by atoms with E-state index in [0.717, 1.165) is 21.0 Å². The van der Waals surface area contributed by atoms with Crippen LogP contribution in [0.1, 0.15) is 54.9 Å². The summed E-state index contributed by atoms with van der Waals surface area (Å²) in [5.74, 6) is 0.565. The molecule has 190 valence electrons. The summed E-state index contributed by atoms with van der Waals surface area (Å²) >= 11 is 5.00. The summed E-state index contributed by atoms with van der Waals surface area (Å²) in [6.45, 7) is 14.1. The molecule has 1 unspecified atom stereocenters. The fourth-order valence-electron chi connectivity index (χ4n) is 2.44. The number of nitrogens with zero attached hydrogens (tertiary/aromatic N) is 3. The molecule has 0 saturated heterocycles. The molecular weight excluding hydrogens is 510 g/mol. The maximum atomic E-state index is 12.2. The first kappa shape index (κ1) is 33.0. The van der Waals surface area contributed by atoms with Gasteiger partial charge in [-0.3, -0.25) is 9.20 Å². The third kappa shape index (κ3) is 12.0. The second-order valence-electron chi connectivity index (χ2n) is 6.41. The standard InChI is InChI=1S/C12H22N2O4.C6H6BrN3S.2C2H6/c1-5-6-14(7-8-15)11(16)10(9(2)3)13-12(17)18-4;1-8-5-3-10-2-4(7)11-6(10)9-5;2*1-2/h8-10H,5-7H2,1-4H3,(H,13,17);2-3,8H,1H3;2*1-2H3. The molecule has 0 aliphatic heterocycles. The number of fused-ring (bicyclic) bond motifs is 1. The Hall–Kier alpha value is -2.14. The third-order valence-electron chi connectivity index (χ3n) is 3.88. The maximum absolute atomic E-state index is 12.2. The summed E-state index contributed by atoms with van der Waals surface area (Å²) in [6, 6.07) is -0.677. The molecule has 0 saturated carbocycles. The lowest BCUT2D eigenvalue weighted by atomic mass is 10.0. The van der Waals surface area contributed by atoms with Crippen molar-refractivity contribution in [2.45, 2.75) is 60.9 Å². The number of carbonyl (C=O) groups excluding carboxylic acids is 3. The average Bonchev–Trinajstić information content (AvgIpc) is 3.36. The number of aromatic nitrogens is 2. The molecule has 0 fully saturated rings. The average molecular weight is 551 g/mol. The molecule has 2 heterocycles. The van der Waals surface area contributed by atoms with Gasteiger partial charge in [-0.25, -0.2) is 9.78 Å². The van der Waals surface area contributed by atoms with Crippen molar-refractivity contribution in [1.29, 1.82) is 0 Å². The van der Waals surface area contributed by atoms with Crippen LogP contribution in [0.2, 0.25) is 0 Å². The Labute approximate surface area is 210 Å². The van der Waals surface area contributed by atoms with Gasteiger partial charge in [0.05, 0.1) is 23.6 Å². The second kappa shape index (κ2) is 19.3. The maximum Gasteiger partial charge on any atom is 0.407 e. The van der Waals surface area contributed by atoms with Crippen molar-refractivity contribution in [2.24, 2.45) is 5.92 Å². The molecule has 9 nitrogen and oxygen atoms in total. The Morgan fingerprint density at radius 3 is 2.30 bits per heavy atom. The molecule has 2 N–H and O–H groups in total. The van der Waals surface area contributed by atoms with Crippen LogP contribution in [0.5, 0.6) is 0 Å². The van der Waals surface area contributed by atoms with Gasteiger partial charge in [-0.05, 0) is 28.3 Å². The van der Waals surface area contributed by atoms with E-state index >= 15 is 0 Å². The lowest BCUT2D eigenvalue weighted by Crippen LogP contribution is -2.51. The van der Waals surface area contributed by atoms with Gasteiger partial charge in [-0.2, -0.15) is 0 Å². The summed E-state index contributed by atoms with van der Waals surface area (Å²) in [6.07, 6.45) is 4.74. The Morgan fingerprint density at radius 1 is 1.27 bits per heavy atom. The van der Waals surface area contributed by atoms with Crippen LogP contribution < -0.4 is 10.6 Å². The zero-order valence-electron chi connectivity index (χ0n) is 21.3. The number of methoxy groups -OCH3 is 1. The van der Waals surface area contributed by atoms with E-state index in [1.54, 1.807) is 11.3 Å². The summed E-state index contributed by atoms with van der Waals surface area (Å²) in [4.78, 5) is 40.7. The number of nitrogens with one attached hydrogen (secondary N) is 2. The molecule has 33 heavy (non-hydrogen) atoms. The highest BCUT2D eigenvalue weighted by Gasteiger charge is 2.28. The topological polar surface area (TPSA) is 105 Å². The van der Waals surface area contributed by atoms with Gasteiger partial charge in [0.25, 0.3) is 0 Å². The van der Waals surface area contributed by atoms with Crippen molar-refractivity contribution in [3.63, 3.8) is 0 Å². The number of carbonyl (C=O) groups is 3. The molecular formula is C22H40BrN5O4S. The van der Waals surface area contributed by atoms with Crippen molar-refractivity contribution in [3.8, 4) is 0 Å². The van der Waals surface area contributed by atoms with E-state index in [2.05, 4.69) is 36.3 Å². The van der Waals surface area contributed by atoms with Crippen LogP contribution in [0, 0.1) is 5.92 Å². The van der Waals surface area contributed by atoms with Crippen LogP contribution in [0.15, 0.2) is 16.2 Å². The number of hydrogen-bond donors (Lipinski definition) is 2. The van der Waals surface area contributed by atoms with Gasteiger partial charge >= 0.3 is 6.09 Å². The van der Waals surface area contributed by atoms with Crippen molar-refractivity contribution in [2.75, 3.05) is 32.6 Å². The van der Waals surface area contributed by atoms with E-state index in [-0.39, 0.29) is 18.4 Å². The summed E-state index contributed by atoms with van der Waals surface area (Å²) in [5.41, 5.74) is 0. The number of rotatable bonds is 8. The van der Waals surface area contributed by atoms with E-state index in [4.69, 9.17) is 0 Å². The Morgan fingerprint density at radius 2 is 1.88 bits per heavy atom. The SMILES string of the molecule is CC.CC.CCCN(CC=O)C(=O)C(NC(=O)OC)C(C)C.CNc1cn2cc(Br)sc2n1. The molecule has 0 spiro atoms. The molecule has 2 aromatic heterocycles. The lowest BCUT2D eigenvalue weighted by Gasteiger charge is -2.27. The number of halogens is 1. The van der Waals surface area contributed by atoms with Gasteiger partial charge in [-0.15, -0.1) is 0 Å². The normalized spacial score (nSPS) is 10.4. The van der Waals surface area contributed by atoms with E-state index in [9.17, 15) is 14.4 Å². The minimum absolute atomic E-state index is 0.0404. The van der Waals surface area contributed by atoms with Gasteiger partial charge in [0, 0.05) is 19.8 Å². The smallest absolute Gasteiger partial charge is 0.407 e. The van der Waals surface area contributed by atoms with Gasteiger partial charge < -0.3 is 25.1 Å². The van der Waals surface area contributed by atoms with Crippen LogP contribution in [0.3, 0.4) is 0 Å². The largest absolute Gasteiger partial charge is 0.453 e. The molecule has 2 amide bonds. The molecule has 11 heteroatoms. The van der Waals surface area contributed by atoms with Crippen molar-refractivity contribution in [1.82, 2.24) is 19.6 Å². The van der Waals surface area contributed by atoms with Gasteiger partial charge in [-0.1, -0.05) is 59.8 Å². The Kier molecular flexibility index (Phi) is 19.4. The fourth-order valence-corrected chi connectivity index (χ4v) is 3.79. The monoisotopic (exact) mass is 549 g/mol. The number of aldehydes is 1. The number of alkyl carbamates (subject to hydrolysis) is 1. The van der Waals surface area contributed by atoms with E-state index in [1.807, 2.05) is 72.3 Å². The van der Waals surface area contributed by atoms with E-state index in [1.165, 1.54) is 12.0 Å². The molecule has 0 aliphatic rings. The quantitative estimate of drug-likeness (QED) is 0.446. The molecule has 2 rings (SSSR count). The molecule has 0 bridgehead atoms. The Bertz CT molecular complexity index is 778. The van der Waals surface area contributed by atoms with Crippen LogP contribution in [-0.2, 0) is 14.3 Å². The predicted molar refractivity (Wildman–Crippen MR) is 140 cm³/mol. The van der Waals surface area contributed by atoms with Crippen molar-refractivity contribution < 1.29 is 19.1 Å². The highest BCUT2D eigenvalue weighted by atomic mass is 79.9. The number of hydrogen-bond acceptors (Lipinski definition) is 7. The predicted octanol–water partition coefficient (Wildman–Crippen LogP) is 5.06.